The van der Waals surface area contributed by atoms with Gasteiger partial charge in [-0.3, -0.25) is 9.69 Å². The van der Waals surface area contributed by atoms with Crippen molar-refractivity contribution >= 4 is 22.4 Å². The number of nitrogens with one attached hydrogen (secondary N) is 1. The number of likely N-dealkylation sites (tertiary alicyclic amines) is 1. The number of aromatic nitrogens is 3. The van der Waals surface area contributed by atoms with Gasteiger partial charge in [0.15, 0.2) is 5.13 Å². The molecule has 2 atom stereocenters. The predicted molar refractivity (Wildman–Crippen MR) is 103 cm³/mol. The van der Waals surface area contributed by atoms with Crippen molar-refractivity contribution in [1.29, 1.82) is 0 Å². The second-order valence-corrected chi connectivity index (χ2v) is 8.42. The van der Waals surface area contributed by atoms with Gasteiger partial charge in [-0.25, -0.2) is 9.97 Å². The number of hydrogen-bond acceptors (Lipinski definition) is 7. The summed E-state index contributed by atoms with van der Waals surface area (Å²) in [6, 6.07) is 0. The molecule has 0 unspecified atom stereocenters. The first-order valence-electron chi connectivity index (χ1n) is 9.31. The van der Waals surface area contributed by atoms with Crippen LogP contribution in [0.4, 0.5) is 5.13 Å². The molecule has 27 heavy (non-hydrogen) atoms. The number of aryl methyl sites for hydroxylation is 2. The van der Waals surface area contributed by atoms with Gasteiger partial charge in [0.2, 0.25) is 5.91 Å². The summed E-state index contributed by atoms with van der Waals surface area (Å²) in [6.07, 6.45) is 5.45. The van der Waals surface area contributed by atoms with Crippen LogP contribution in [0.2, 0.25) is 0 Å². The van der Waals surface area contributed by atoms with E-state index < -0.39 is 5.41 Å². The van der Waals surface area contributed by atoms with E-state index in [9.17, 15) is 4.79 Å². The fourth-order valence-corrected chi connectivity index (χ4v) is 4.71. The zero-order chi connectivity index (χ0) is 18.9. The van der Waals surface area contributed by atoms with Crippen LogP contribution in [-0.2, 0) is 29.5 Å². The van der Waals surface area contributed by atoms with Gasteiger partial charge in [0.25, 0.3) is 0 Å². The van der Waals surface area contributed by atoms with E-state index in [1.165, 1.54) is 11.3 Å². The molecule has 9 heteroatoms. The average Bonchev–Trinajstić information content (AvgIpc) is 3.38. The molecule has 4 rings (SSSR count). The molecule has 4 heterocycles. The van der Waals surface area contributed by atoms with E-state index in [4.69, 9.17) is 10.5 Å². The van der Waals surface area contributed by atoms with Gasteiger partial charge in [-0.2, -0.15) is 0 Å². The fourth-order valence-electron chi connectivity index (χ4n) is 4.12. The third kappa shape index (κ3) is 3.71. The Labute approximate surface area is 162 Å². The summed E-state index contributed by atoms with van der Waals surface area (Å²) in [7, 11) is 2.00. The lowest BCUT2D eigenvalue weighted by atomic mass is 9.80. The van der Waals surface area contributed by atoms with Crippen molar-refractivity contribution < 1.29 is 9.53 Å². The van der Waals surface area contributed by atoms with Crippen molar-refractivity contribution in [2.45, 2.75) is 19.4 Å². The molecule has 2 aromatic heterocycles. The second-order valence-electron chi connectivity index (χ2n) is 7.53. The predicted octanol–water partition coefficient (Wildman–Crippen LogP) is 0.656. The van der Waals surface area contributed by atoms with Gasteiger partial charge in [0, 0.05) is 50.4 Å². The molecule has 2 saturated heterocycles. The third-order valence-electron chi connectivity index (χ3n) is 5.65. The quantitative estimate of drug-likeness (QED) is 0.674. The lowest BCUT2D eigenvalue weighted by Gasteiger charge is -2.26. The number of carbonyl (C=O) groups is 1. The second kappa shape index (κ2) is 7.57. The van der Waals surface area contributed by atoms with Crippen molar-refractivity contribution in [3.05, 3.63) is 29.3 Å². The number of ether oxygens (including phenoxy) is 1. The third-order valence-corrected chi connectivity index (χ3v) is 6.37. The van der Waals surface area contributed by atoms with Gasteiger partial charge in [0.1, 0.15) is 5.82 Å². The fraction of sp³-hybridized carbons (Fsp3) is 0.611. The maximum Gasteiger partial charge on any atom is 0.230 e. The van der Waals surface area contributed by atoms with Gasteiger partial charge in [-0.05, 0) is 12.8 Å². The van der Waals surface area contributed by atoms with Gasteiger partial charge >= 0.3 is 0 Å². The molecule has 0 saturated carbocycles. The number of hydrogen-bond donors (Lipinski definition) is 2. The Bertz CT molecular complexity index is 805. The molecule has 0 aliphatic carbocycles. The largest absolute Gasteiger partial charge is 0.380 e. The Kier molecular flexibility index (Phi) is 5.16. The average molecular weight is 391 g/mol. The number of rotatable bonds is 7. The molecule has 2 aliphatic heterocycles. The maximum absolute atomic E-state index is 13.0. The molecule has 2 fully saturated rings. The van der Waals surface area contributed by atoms with Crippen LogP contribution >= 0.6 is 11.3 Å². The maximum atomic E-state index is 13.0. The van der Waals surface area contributed by atoms with Gasteiger partial charge in [-0.1, -0.05) is 0 Å². The molecule has 0 bridgehead atoms. The number of imidazole rings is 1. The summed E-state index contributed by atoms with van der Waals surface area (Å²) in [6.45, 7) is 4.16. The molecule has 0 radical (unpaired) electrons. The zero-order valence-corrected chi connectivity index (χ0v) is 16.4. The molecule has 2 aliphatic rings. The van der Waals surface area contributed by atoms with Crippen LogP contribution in [0.25, 0.3) is 0 Å². The van der Waals surface area contributed by atoms with Gasteiger partial charge < -0.3 is 20.4 Å². The van der Waals surface area contributed by atoms with Crippen LogP contribution in [0.1, 0.15) is 17.9 Å². The van der Waals surface area contributed by atoms with Gasteiger partial charge in [0.05, 0.1) is 30.9 Å². The number of anilines is 1. The molecule has 3 N–H and O–H groups in total. The molecule has 146 valence electrons. The molecular weight excluding hydrogens is 364 g/mol. The van der Waals surface area contributed by atoms with Crippen LogP contribution in [-0.4, -0.2) is 58.2 Å². The summed E-state index contributed by atoms with van der Waals surface area (Å²) in [5.74, 6) is 1.38. The monoisotopic (exact) mass is 390 g/mol. The number of fused-ring (bicyclic) bond motifs is 1. The summed E-state index contributed by atoms with van der Waals surface area (Å²) >= 11 is 1.45. The Hall–Kier alpha value is -1.97. The Morgan fingerprint density at radius 1 is 1.56 bits per heavy atom. The topological polar surface area (TPSA) is 98.3 Å². The highest BCUT2D eigenvalue weighted by molar-refractivity contribution is 7.13. The number of carbonyl (C=O) groups excluding carboxylic acids is 1. The molecule has 0 spiro atoms. The minimum Gasteiger partial charge on any atom is -0.380 e. The van der Waals surface area contributed by atoms with E-state index in [1.807, 2.05) is 29.4 Å². The number of nitrogen functional groups attached to an aromatic ring is 1. The lowest BCUT2D eigenvalue weighted by Crippen LogP contribution is -2.47. The zero-order valence-electron chi connectivity index (χ0n) is 15.6. The highest BCUT2D eigenvalue weighted by Crippen LogP contribution is 2.41. The van der Waals surface area contributed by atoms with E-state index in [-0.39, 0.29) is 11.8 Å². The van der Waals surface area contributed by atoms with Crippen LogP contribution < -0.4 is 11.1 Å². The van der Waals surface area contributed by atoms with E-state index in [1.54, 1.807) is 0 Å². The van der Waals surface area contributed by atoms with Crippen molar-refractivity contribution in [2.75, 3.05) is 38.6 Å². The smallest absolute Gasteiger partial charge is 0.230 e. The highest BCUT2D eigenvalue weighted by atomic mass is 32.1. The van der Waals surface area contributed by atoms with Crippen LogP contribution in [0.5, 0.6) is 0 Å². The first-order valence-corrected chi connectivity index (χ1v) is 10.2. The molecule has 0 aromatic carbocycles. The first kappa shape index (κ1) is 18.4. The number of amides is 1. The van der Waals surface area contributed by atoms with Crippen LogP contribution in [0.15, 0.2) is 17.8 Å². The van der Waals surface area contributed by atoms with Crippen LogP contribution in [0, 0.1) is 11.3 Å². The Balaban J connectivity index is 1.31. The van der Waals surface area contributed by atoms with Crippen molar-refractivity contribution in [3.8, 4) is 0 Å². The molecule has 8 nitrogen and oxygen atoms in total. The van der Waals surface area contributed by atoms with E-state index in [0.717, 1.165) is 44.0 Å². The number of thiazole rings is 1. The standard InChI is InChI=1S/C18H26N6O2S/c1-23-6-5-20-15(23)8-24-7-13-9-26-12-18(13,11-24)16(25)21-4-2-3-14-10-27-17(19)22-14/h5-6,10,13H,2-4,7-9,11-12H2,1H3,(H2,19,22)(H,21,25)/t13-,18-/m1/s1. The SMILES string of the molecule is Cn1ccnc1CN1C[C@@H]2COC[C@]2(C(=O)NCCCc2csc(N)n2)C1. The molecular formula is C18H26N6O2S. The number of nitrogens with two attached hydrogens (primary N) is 1. The van der Waals surface area contributed by atoms with Crippen LogP contribution in [0.3, 0.4) is 0 Å². The molecule has 2 aromatic rings. The normalized spacial score (nSPS) is 25.0. The minimum absolute atomic E-state index is 0.116. The van der Waals surface area contributed by atoms with E-state index >= 15 is 0 Å². The van der Waals surface area contributed by atoms with Crippen molar-refractivity contribution in [3.63, 3.8) is 0 Å². The van der Waals surface area contributed by atoms with E-state index in [0.29, 0.717) is 24.9 Å². The summed E-state index contributed by atoms with van der Waals surface area (Å²) in [4.78, 5) is 24.0. The Morgan fingerprint density at radius 2 is 2.44 bits per heavy atom. The van der Waals surface area contributed by atoms with Crippen molar-refractivity contribution in [1.82, 2.24) is 24.8 Å². The summed E-state index contributed by atoms with van der Waals surface area (Å²) in [5.41, 5.74) is 6.22. The lowest BCUT2D eigenvalue weighted by molar-refractivity contribution is -0.131. The minimum atomic E-state index is -0.434. The highest BCUT2D eigenvalue weighted by Gasteiger charge is 2.55. The summed E-state index contributed by atoms with van der Waals surface area (Å²) < 4.78 is 7.72. The van der Waals surface area contributed by atoms with Crippen molar-refractivity contribution in [2.24, 2.45) is 18.4 Å². The van der Waals surface area contributed by atoms with E-state index in [2.05, 4.69) is 20.2 Å². The summed E-state index contributed by atoms with van der Waals surface area (Å²) in [5, 5.41) is 5.70. The molecule has 1 amide bonds. The Morgan fingerprint density at radius 3 is 3.19 bits per heavy atom. The number of nitrogens with zero attached hydrogens (tertiary/aromatic N) is 4. The van der Waals surface area contributed by atoms with Gasteiger partial charge in [-0.15, -0.1) is 11.3 Å². The first-order chi connectivity index (χ1) is 13.1.